The molecule has 2 aliphatic rings. The molecule has 0 saturated heterocycles. The maximum Gasteiger partial charge on any atom is 0.309 e. The lowest BCUT2D eigenvalue weighted by atomic mass is 9.89. The molecule has 2 aromatic rings. The Morgan fingerprint density at radius 1 is 1.10 bits per heavy atom. The van der Waals surface area contributed by atoms with Gasteiger partial charge in [-0.2, -0.15) is 0 Å². The second-order valence-electron chi connectivity index (χ2n) is 8.24. The van der Waals surface area contributed by atoms with E-state index in [0.29, 0.717) is 28.7 Å². The number of ketones is 1. The minimum atomic E-state index is -0.260. The van der Waals surface area contributed by atoms with Crippen LogP contribution in [-0.2, 0) is 9.53 Å². The number of ether oxygens (including phenoxy) is 1. The van der Waals surface area contributed by atoms with Crippen molar-refractivity contribution >= 4 is 17.7 Å². The highest BCUT2D eigenvalue weighted by Gasteiger charge is 2.44. The molecule has 0 aliphatic heterocycles. The van der Waals surface area contributed by atoms with Crippen molar-refractivity contribution in [1.29, 1.82) is 0 Å². The molecule has 1 aromatic carbocycles. The second-order valence-corrected chi connectivity index (χ2v) is 8.24. The smallest absolute Gasteiger partial charge is 0.309 e. The SMILES string of the molecule is Cc1cc(C(=O)COC(=O)C2CC3CCC2C3)c(C)n1NC(=O)c1ccccc1. The Kier molecular flexibility index (Phi) is 5.26. The van der Waals surface area contributed by atoms with Crippen molar-refractivity contribution in [1.82, 2.24) is 4.68 Å². The van der Waals surface area contributed by atoms with Crippen molar-refractivity contribution < 1.29 is 19.1 Å². The third kappa shape index (κ3) is 3.84. The van der Waals surface area contributed by atoms with Crippen LogP contribution in [0.3, 0.4) is 0 Å². The lowest BCUT2D eigenvalue weighted by molar-refractivity contribution is -0.149. The topological polar surface area (TPSA) is 77.4 Å². The number of carbonyl (C=O) groups is 3. The van der Waals surface area contributed by atoms with Crippen LogP contribution < -0.4 is 5.43 Å². The molecule has 3 unspecified atom stereocenters. The zero-order valence-corrected chi connectivity index (χ0v) is 16.8. The third-order valence-electron chi connectivity index (χ3n) is 6.37. The number of aryl methyl sites for hydroxylation is 1. The first-order valence-corrected chi connectivity index (χ1v) is 10.2. The predicted molar refractivity (Wildman–Crippen MR) is 108 cm³/mol. The Morgan fingerprint density at radius 2 is 1.86 bits per heavy atom. The summed E-state index contributed by atoms with van der Waals surface area (Å²) in [5, 5.41) is 0. The van der Waals surface area contributed by atoms with Crippen molar-refractivity contribution in [3.05, 3.63) is 58.9 Å². The van der Waals surface area contributed by atoms with Crippen LogP contribution in [0.5, 0.6) is 0 Å². The molecule has 152 valence electrons. The molecule has 2 fully saturated rings. The Morgan fingerprint density at radius 3 is 2.52 bits per heavy atom. The number of nitrogens with zero attached hydrogens (tertiary/aromatic N) is 1. The van der Waals surface area contributed by atoms with Gasteiger partial charge in [0, 0.05) is 22.5 Å². The van der Waals surface area contributed by atoms with Gasteiger partial charge < -0.3 is 4.74 Å². The first-order chi connectivity index (χ1) is 13.9. The molecule has 1 amide bonds. The molecular formula is C23H26N2O4. The number of nitrogens with one attached hydrogen (secondary N) is 1. The van der Waals surface area contributed by atoms with Gasteiger partial charge in [0.1, 0.15) is 0 Å². The highest BCUT2D eigenvalue weighted by atomic mass is 16.5. The van der Waals surface area contributed by atoms with Gasteiger partial charge in [-0.15, -0.1) is 0 Å². The van der Waals surface area contributed by atoms with E-state index in [-0.39, 0.29) is 30.2 Å². The maximum absolute atomic E-state index is 12.7. The highest BCUT2D eigenvalue weighted by Crippen LogP contribution is 2.48. The van der Waals surface area contributed by atoms with E-state index in [9.17, 15) is 14.4 Å². The first kappa shape index (κ1) is 19.4. The summed E-state index contributed by atoms with van der Waals surface area (Å²) < 4.78 is 6.96. The summed E-state index contributed by atoms with van der Waals surface area (Å²) in [6.45, 7) is 3.32. The molecule has 1 N–H and O–H groups in total. The van der Waals surface area contributed by atoms with Gasteiger partial charge in [0.15, 0.2) is 6.61 Å². The molecule has 1 aromatic heterocycles. The van der Waals surface area contributed by atoms with E-state index in [1.807, 2.05) is 13.0 Å². The summed E-state index contributed by atoms with van der Waals surface area (Å²) >= 11 is 0. The molecule has 2 saturated carbocycles. The monoisotopic (exact) mass is 394 g/mol. The Hall–Kier alpha value is -2.89. The number of rotatable bonds is 6. The van der Waals surface area contributed by atoms with E-state index >= 15 is 0 Å². The van der Waals surface area contributed by atoms with Crippen molar-refractivity contribution in [2.24, 2.45) is 17.8 Å². The first-order valence-electron chi connectivity index (χ1n) is 10.2. The van der Waals surface area contributed by atoms with E-state index in [0.717, 1.165) is 25.0 Å². The quantitative estimate of drug-likeness (QED) is 0.599. The van der Waals surface area contributed by atoms with Gasteiger partial charge in [-0.05, 0) is 63.1 Å². The number of carbonyl (C=O) groups excluding carboxylic acids is 3. The van der Waals surface area contributed by atoms with Gasteiger partial charge in [0.25, 0.3) is 5.91 Å². The molecule has 6 heteroatoms. The van der Waals surface area contributed by atoms with E-state index in [1.165, 1.54) is 6.42 Å². The molecule has 0 spiro atoms. The molecule has 6 nitrogen and oxygen atoms in total. The summed E-state index contributed by atoms with van der Waals surface area (Å²) in [5.41, 5.74) is 5.16. The Labute approximate surface area is 170 Å². The normalized spacial score (nSPS) is 22.5. The van der Waals surface area contributed by atoms with Gasteiger partial charge in [-0.25, -0.2) is 0 Å². The third-order valence-corrected chi connectivity index (χ3v) is 6.37. The number of Topliss-reactive ketones (excluding diaryl/α,β-unsaturated/α-hetero) is 1. The molecule has 29 heavy (non-hydrogen) atoms. The number of amides is 1. The fraction of sp³-hybridized carbons (Fsp3) is 0.435. The van der Waals surface area contributed by atoms with Crippen LogP contribution >= 0.6 is 0 Å². The molecule has 3 atom stereocenters. The lowest BCUT2D eigenvalue weighted by Crippen LogP contribution is -2.26. The van der Waals surface area contributed by atoms with Crippen LogP contribution in [0.2, 0.25) is 0 Å². The minimum Gasteiger partial charge on any atom is -0.457 e. The highest BCUT2D eigenvalue weighted by molar-refractivity contribution is 6.01. The summed E-state index contributed by atoms with van der Waals surface area (Å²) in [5.74, 6) is 0.293. The minimum absolute atomic E-state index is 0.0425. The molecular weight excluding hydrogens is 368 g/mol. The van der Waals surface area contributed by atoms with Crippen LogP contribution in [-0.4, -0.2) is 28.9 Å². The van der Waals surface area contributed by atoms with Crippen LogP contribution in [0.25, 0.3) is 0 Å². The Balaban J connectivity index is 1.39. The standard InChI is InChI=1S/C23H26N2O4/c1-14-10-19(15(2)25(14)24-22(27)17-6-4-3-5-7-17)21(26)13-29-23(28)20-12-16-8-9-18(20)11-16/h3-7,10,16,18,20H,8-9,11-13H2,1-2H3,(H,24,27). The zero-order valence-electron chi connectivity index (χ0n) is 16.8. The van der Waals surface area contributed by atoms with Crippen molar-refractivity contribution in [2.75, 3.05) is 12.0 Å². The second kappa shape index (κ2) is 7.85. The molecule has 2 bridgehead atoms. The zero-order chi connectivity index (χ0) is 20.5. The average Bonchev–Trinajstić information content (AvgIpc) is 3.43. The van der Waals surface area contributed by atoms with Crippen molar-refractivity contribution in [3.8, 4) is 0 Å². The van der Waals surface area contributed by atoms with Gasteiger partial charge >= 0.3 is 5.97 Å². The molecule has 2 aliphatic carbocycles. The number of hydrogen-bond acceptors (Lipinski definition) is 4. The summed E-state index contributed by atoms with van der Waals surface area (Å²) in [4.78, 5) is 37.5. The van der Waals surface area contributed by atoms with Crippen LogP contribution in [0.1, 0.15) is 57.8 Å². The maximum atomic E-state index is 12.7. The van der Waals surface area contributed by atoms with E-state index in [2.05, 4.69) is 5.43 Å². The fourth-order valence-electron chi connectivity index (χ4n) is 4.83. The molecule has 4 rings (SSSR count). The summed E-state index contributed by atoms with van der Waals surface area (Å²) in [6.07, 6.45) is 4.34. The lowest BCUT2D eigenvalue weighted by Gasteiger charge is -2.19. The Bertz CT molecular complexity index is 947. The van der Waals surface area contributed by atoms with Gasteiger partial charge in [-0.1, -0.05) is 24.6 Å². The van der Waals surface area contributed by atoms with E-state index in [1.54, 1.807) is 41.9 Å². The van der Waals surface area contributed by atoms with Crippen LogP contribution in [0.4, 0.5) is 0 Å². The van der Waals surface area contributed by atoms with Crippen LogP contribution in [0, 0.1) is 31.6 Å². The van der Waals surface area contributed by atoms with E-state index < -0.39 is 0 Å². The number of fused-ring (bicyclic) bond motifs is 2. The van der Waals surface area contributed by atoms with Crippen molar-refractivity contribution in [2.45, 2.75) is 39.5 Å². The number of benzene rings is 1. The number of esters is 1. The van der Waals surface area contributed by atoms with Gasteiger partial charge in [-0.3, -0.25) is 24.5 Å². The molecule has 0 radical (unpaired) electrons. The van der Waals surface area contributed by atoms with Gasteiger partial charge in [0.05, 0.1) is 5.92 Å². The predicted octanol–water partition coefficient (Wildman–Crippen LogP) is 3.65. The molecule has 1 heterocycles. The average molecular weight is 394 g/mol. The summed E-state index contributed by atoms with van der Waals surface area (Å²) in [6, 6.07) is 10.6. The van der Waals surface area contributed by atoms with E-state index in [4.69, 9.17) is 4.74 Å². The number of hydrogen-bond donors (Lipinski definition) is 1. The largest absolute Gasteiger partial charge is 0.457 e. The van der Waals surface area contributed by atoms with Crippen LogP contribution in [0.15, 0.2) is 36.4 Å². The van der Waals surface area contributed by atoms with Crippen molar-refractivity contribution in [3.63, 3.8) is 0 Å². The summed E-state index contributed by atoms with van der Waals surface area (Å²) in [7, 11) is 0. The fourth-order valence-corrected chi connectivity index (χ4v) is 4.83. The number of aromatic nitrogens is 1. The van der Waals surface area contributed by atoms with Gasteiger partial charge in [0.2, 0.25) is 5.78 Å².